The maximum absolute atomic E-state index is 13.5. The molecule has 0 aliphatic carbocycles. The van der Waals surface area contributed by atoms with E-state index in [0.717, 1.165) is 154 Å². The van der Waals surface area contributed by atoms with Gasteiger partial charge in [0.2, 0.25) is 5.91 Å². The Morgan fingerprint density at radius 2 is 0.800 bits per heavy atom. The zero-order valence-electron chi connectivity index (χ0n) is 57.2. The fourth-order valence-electron chi connectivity index (χ4n) is 10.6. The first-order valence-corrected chi connectivity index (χ1v) is 36.5. The number of unbranched alkanes of at least 4 members (excludes halogenated alkanes) is 27. The number of amides is 1. The van der Waals surface area contributed by atoms with Crippen LogP contribution in [0.25, 0.3) is 0 Å². The van der Waals surface area contributed by atoms with Crippen LogP contribution < -0.4 is 5.32 Å². The molecule has 0 aromatic rings. The van der Waals surface area contributed by atoms with Crippen LogP contribution in [0, 0.1) is 0 Å². The lowest BCUT2D eigenvalue weighted by molar-refractivity contribution is -0.305. The van der Waals surface area contributed by atoms with E-state index in [1.54, 1.807) is 6.08 Å². The molecular formula is C79H133NO10. The molecule has 0 radical (unpaired) electrons. The fraction of sp³-hybridized carbons (Fsp3) is 0.696. The van der Waals surface area contributed by atoms with Crippen LogP contribution in [0.5, 0.6) is 0 Å². The van der Waals surface area contributed by atoms with Gasteiger partial charge in [-0.1, -0.05) is 302 Å². The summed E-state index contributed by atoms with van der Waals surface area (Å²) in [5.41, 5.74) is 0. The number of aliphatic hydroxyl groups excluding tert-OH is 5. The number of nitrogens with one attached hydrogen (secondary N) is 1. The molecule has 0 aromatic heterocycles. The molecule has 514 valence electrons. The summed E-state index contributed by atoms with van der Waals surface area (Å²) in [6, 6.07) is -1.04. The summed E-state index contributed by atoms with van der Waals surface area (Å²) in [5, 5.41) is 57.3. The number of rotatable bonds is 61. The molecule has 1 amide bonds. The number of aliphatic hydroxyl groups is 5. The number of allylic oxidation sites excluding steroid dienone is 21. The first kappa shape index (κ1) is 83.8. The molecule has 90 heavy (non-hydrogen) atoms. The Hall–Kier alpha value is -4.20. The van der Waals surface area contributed by atoms with Crippen LogP contribution in [-0.4, -0.2) is 99.6 Å². The lowest BCUT2D eigenvalue weighted by Gasteiger charge is -2.41. The van der Waals surface area contributed by atoms with E-state index in [4.69, 9.17) is 14.2 Å². The quantitative estimate of drug-likeness (QED) is 0.0195. The first-order chi connectivity index (χ1) is 44.2. The SMILES string of the molecule is CC/C=C\C/C=C\C/C=C\C/C=C\C/C=C\CCCCCCCCCCCCC(O)C(=O)NC(COC1OC(CO)C(O)C(O)C1OC(=O)CCCCCCCCC/C=C\C/C=C\C/C=C\C/C=C\C/C=C\CC)C(O)/C=C/CCCCCCCCCCCC. The van der Waals surface area contributed by atoms with E-state index in [9.17, 15) is 35.1 Å². The van der Waals surface area contributed by atoms with Gasteiger partial charge in [0.05, 0.1) is 25.4 Å². The molecule has 0 aromatic carbocycles. The molecular weight excluding hydrogens is 1120 g/mol. The smallest absolute Gasteiger partial charge is 0.306 e. The Bertz CT molecular complexity index is 1980. The molecule has 6 N–H and O–H groups in total. The van der Waals surface area contributed by atoms with Crippen LogP contribution in [0.4, 0.5) is 0 Å². The van der Waals surface area contributed by atoms with Gasteiger partial charge >= 0.3 is 5.97 Å². The van der Waals surface area contributed by atoms with Crippen molar-refractivity contribution in [2.45, 2.75) is 339 Å². The van der Waals surface area contributed by atoms with Crippen molar-refractivity contribution >= 4 is 11.9 Å². The van der Waals surface area contributed by atoms with E-state index in [0.29, 0.717) is 12.8 Å². The molecule has 1 rings (SSSR count). The third-order valence-electron chi connectivity index (χ3n) is 16.3. The summed E-state index contributed by atoms with van der Waals surface area (Å²) in [6.45, 7) is 5.57. The van der Waals surface area contributed by atoms with Crippen LogP contribution in [0.1, 0.15) is 290 Å². The molecule has 8 unspecified atom stereocenters. The third-order valence-corrected chi connectivity index (χ3v) is 16.3. The number of carbonyl (C=O) groups excluding carboxylic acids is 2. The minimum absolute atomic E-state index is 0.104. The van der Waals surface area contributed by atoms with Gasteiger partial charge < -0.3 is 45.1 Å². The van der Waals surface area contributed by atoms with Crippen molar-refractivity contribution in [3.63, 3.8) is 0 Å². The molecule has 1 fully saturated rings. The summed E-state index contributed by atoms with van der Waals surface area (Å²) in [6.07, 6.45) is 82.0. The Labute approximate surface area is 550 Å². The largest absolute Gasteiger partial charge is 0.454 e. The van der Waals surface area contributed by atoms with Crippen molar-refractivity contribution in [3.05, 3.63) is 134 Å². The van der Waals surface area contributed by atoms with Gasteiger partial charge in [0.15, 0.2) is 12.4 Å². The summed E-state index contributed by atoms with van der Waals surface area (Å²) in [5.74, 6) is -1.21. The summed E-state index contributed by atoms with van der Waals surface area (Å²) in [7, 11) is 0. The van der Waals surface area contributed by atoms with Gasteiger partial charge in [0.1, 0.15) is 24.4 Å². The molecule has 0 spiro atoms. The monoisotopic (exact) mass is 1260 g/mol. The van der Waals surface area contributed by atoms with Gasteiger partial charge in [0, 0.05) is 6.42 Å². The molecule has 1 aliphatic rings. The second-order valence-corrected chi connectivity index (χ2v) is 24.6. The molecule has 11 nitrogen and oxygen atoms in total. The van der Waals surface area contributed by atoms with E-state index in [-0.39, 0.29) is 19.4 Å². The number of carbonyl (C=O) groups is 2. The average molecular weight is 1260 g/mol. The third kappa shape index (κ3) is 51.3. The Balaban J connectivity index is 2.57. The highest BCUT2D eigenvalue weighted by molar-refractivity contribution is 5.80. The zero-order valence-corrected chi connectivity index (χ0v) is 57.2. The van der Waals surface area contributed by atoms with Crippen molar-refractivity contribution in [2.75, 3.05) is 13.2 Å². The summed E-state index contributed by atoms with van der Waals surface area (Å²) >= 11 is 0. The second kappa shape index (κ2) is 64.9. The molecule has 0 bridgehead atoms. The van der Waals surface area contributed by atoms with Gasteiger partial charge in [-0.15, -0.1) is 0 Å². The van der Waals surface area contributed by atoms with E-state index >= 15 is 0 Å². The molecule has 11 heteroatoms. The highest BCUT2D eigenvalue weighted by Crippen LogP contribution is 2.26. The minimum atomic E-state index is -1.63. The Morgan fingerprint density at radius 1 is 0.444 bits per heavy atom. The lowest BCUT2D eigenvalue weighted by Crippen LogP contribution is -2.61. The van der Waals surface area contributed by atoms with Crippen molar-refractivity contribution in [3.8, 4) is 0 Å². The van der Waals surface area contributed by atoms with Crippen molar-refractivity contribution in [2.24, 2.45) is 0 Å². The van der Waals surface area contributed by atoms with Gasteiger partial charge in [-0.05, 0) is 116 Å². The van der Waals surface area contributed by atoms with Crippen molar-refractivity contribution in [1.82, 2.24) is 5.32 Å². The molecule has 1 heterocycles. The fourth-order valence-corrected chi connectivity index (χ4v) is 10.6. The van der Waals surface area contributed by atoms with E-state index in [1.807, 2.05) is 6.08 Å². The minimum Gasteiger partial charge on any atom is -0.454 e. The maximum atomic E-state index is 13.5. The van der Waals surface area contributed by atoms with E-state index in [1.165, 1.54) is 89.9 Å². The van der Waals surface area contributed by atoms with E-state index in [2.05, 4.69) is 148 Å². The van der Waals surface area contributed by atoms with Gasteiger partial charge in [0.25, 0.3) is 0 Å². The van der Waals surface area contributed by atoms with Crippen LogP contribution in [0.3, 0.4) is 0 Å². The summed E-state index contributed by atoms with van der Waals surface area (Å²) in [4.78, 5) is 26.7. The topological polar surface area (TPSA) is 175 Å². The Kier molecular flexibility index (Phi) is 60.4. The number of hydrogen-bond donors (Lipinski definition) is 6. The molecule has 1 aliphatic heterocycles. The van der Waals surface area contributed by atoms with Crippen LogP contribution in [0.15, 0.2) is 134 Å². The number of ether oxygens (including phenoxy) is 3. The lowest BCUT2D eigenvalue weighted by atomic mass is 9.99. The van der Waals surface area contributed by atoms with Crippen LogP contribution >= 0.6 is 0 Å². The summed E-state index contributed by atoms with van der Waals surface area (Å²) < 4.78 is 17.7. The van der Waals surface area contributed by atoms with Crippen LogP contribution in [-0.2, 0) is 23.8 Å². The molecule has 8 atom stereocenters. The van der Waals surface area contributed by atoms with Crippen molar-refractivity contribution in [1.29, 1.82) is 0 Å². The van der Waals surface area contributed by atoms with Crippen LogP contribution in [0.2, 0.25) is 0 Å². The average Bonchev–Trinajstić information content (AvgIpc) is 1.11. The number of hydrogen-bond acceptors (Lipinski definition) is 10. The van der Waals surface area contributed by atoms with E-state index < -0.39 is 67.4 Å². The standard InChI is InChI=1S/C79H133NO10/c1-4-7-10-13-16-19-22-25-27-29-31-33-35-36-37-39-40-42-44-46-48-51-54-57-60-63-66-72(83)78(87)80-70(71(82)65-62-59-56-53-50-24-21-18-15-12-9-6-3)69-88-79-77(76(86)75(85)73(68-81)89-79)90-74(84)67-64-61-58-55-52-49-47-45-43-41-38-34-32-30-28-26-23-20-17-14-11-8-5-2/h7-8,10-11,16-17,19-20,25-28,31-34,36-37,41,43,62,65,70-73,75-77,79,81-83,85-86H,4-6,9,12-15,18,21-24,29-30,35,38-40,42,44-61,63-64,66-69H2,1-3H3,(H,80,87)/b10-7-,11-8-,19-16-,20-17-,27-25-,28-26-,33-31-,34-32-,37-36-,43-41-,65-62+. The maximum Gasteiger partial charge on any atom is 0.306 e. The van der Waals surface area contributed by atoms with Gasteiger partial charge in [-0.2, -0.15) is 0 Å². The van der Waals surface area contributed by atoms with Crippen molar-refractivity contribution < 1.29 is 49.3 Å². The Morgan fingerprint density at radius 3 is 1.20 bits per heavy atom. The predicted octanol–water partition coefficient (Wildman–Crippen LogP) is 19.1. The predicted molar refractivity (Wildman–Crippen MR) is 379 cm³/mol. The second-order valence-electron chi connectivity index (χ2n) is 24.6. The first-order valence-electron chi connectivity index (χ1n) is 36.5. The normalized spacial score (nSPS) is 18.9. The van der Waals surface area contributed by atoms with Gasteiger partial charge in [-0.25, -0.2) is 0 Å². The highest BCUT2D eigenvalue weighted by Gasteiger charge is 2.47. The number of esters is 1. The highest BCUT2D eigenvalue weighted by atomic mass is 16.7. The zero-order chi connectivity index (χ0) is 65.3. The molecule has 0 saturated carbocycles. The van der Waals surface area contributed by atoms with Gasteiger partial charge in [-0.3, -0.25) is 9.59 Å². The molecule has 1 saturated heterocycles.